The minimum absolute atomic E-state index is 1.11. The number of benzene rings is 9. The smallest absolute Gasteiger partial charge is 0.0640 e. The maximum atomic E-state index is 2.48. The fourth-order valence-electron chi connectivity index (χ4n) is 7.85. The zero-order valence-electron chi connectivity index (χ0n) is 29.6. The molecular weight excluding hydrogens is 671 g/mol. The average Bonchev–Trinajstić information content (AvgIpc) is 3.64. The van der Waals surface area contributed by atoms with Crippen LogP contribution >= 0.6 is 11.3 Å². The molecule has 0 atom stereocenters. The zero-order valence-corrected chi connectivity index (χ0v) is 30.4. The standard InChI is InChI=1S/C52H35NS/c1-4-15-36(16-5-1)39-27-28-41-34-42(30-29-40(41)33-39)45-21-10-12-24-49(45)53(50-25-14-23-47-46-22-11-13-26-51(46)54-52(47)50)43-31-32-44(37-17-6-2-7-18-37)48(35-43)38-19-8-3-9-20-38/h1-35H. The molecule has 0 bridgehead atoms. The molecule has 10 rings (SSSR count). The van der Waals surface area contributed by atoms with Gasteiger partial charge in [-0.25, -0.2) is 0 Å². The van der Waals surface area contributed by atoms with E-state index in [0.717, 1.165) is 11.4 Å². The quantitative estimate of drug-likeness (QED) is 0.160. The summed E-state index contributed by atoms with van der Waals surface area (Å²) in [4.78, 5) is 2.48. The van der Waals surface area contributed by atoms with Crippen LogP contribution in [0, 0.1) is 0 Å². The van der Waals surface area contributed by atoms with E-state index >= 15 is 0 Å². The molecule has 0 aliphatic rings. The van der Waals surface area contributed by atoms with Crippen LogP contribution in [0.4, 0.5) is 17.1 Å². The first-order valence-electron chi connectivity index (χ1n) is 18.4. The summed E-state index contributed by atoms with van der Waals surface area (Å²) >= 11 is 1.87. The fourth-order valence-corrected chi connectivity index (χ4v) is 9.06. The SMILES string of the molecule is c1ccc(-c2ccc3cc(-c4ccccc4N(c4ccc(-c5ccccc5)c(-c5ccccc5)c4)c4cccc5c4sc4ccccc45)ccc3c2)cc1. The Morgan fingerprint density at radius 3 is 1.65 bits per heavy atom. The molecular formula is C52H35NS. The summed E-state index contributed by atoms with van der Waals surface area (Å²) in [5.74, 6) is 0. The van der Waals surface area contributed by atoms with Gasteiger partial charge in [0.1, 0.15) is 0 Å². The predicted octanol–water partition coefficient (Wildman–Crippen LogP) is 15.3. The van der Waals surface area contributed by atoms with Crippen LogP contribution in [0.1, 0.15) is 0 Å². The first kappa shape index (κ1) is 32.0. The lowest BCUT2D eigenvalue weighted by Crippen LogP contribution is -2.11. The van der Waals surface area contributed by atoms with Crippen molar-refractivity contribution < 1.29 is 0 Å². The molecule has 2 heteroatoms. The molecule has 0 unspecified atom stereocenters. The molecule has 0 fully saturated rings. The number of anilines is 3. The van der Waals surface area contributed by atoms with Gasteiger partial charge >= 0.3 is 0 Å². The van der Waals surface area contributed by atoms with Crippen molar-refractivity contribution in [2.24, 2.45) is 0 Å². The van der Waals surface area contributed by atoms with Gasteiger partial charge in [-0.05, 0) is 92.2 Å². The normalized spacial score (nSPS) is 11.3. The van der Waals surface area contributed by atoms with Gasteiger partial charge in [0.2, 0.25) is 0 Å². The van der Waals surface area contributed by atoms with Gasteiger partial charge < -0.3 is 4.90 Å². The van der Waals surface area contributed by atoms with Crippen molar-refractivity contribution >= 4 is 59.3 Å². The van der Waals surface area contributed by atoms with Gasteiger partial charge in [0.25, 0.3) is 0 Å². The van der Waals surface area contributed by atoms with Crippen molar-refractivity contribution in [1.82, 2.24) is 0 Å². The van der Waals surface area contributed by atoms with E-state index < -0.39 is 0 Å². The Balaban J connectivity index is 1.20. The third-order valence-corrected chi connectivity index (χ3v) is 11.7. The van der Waals surface area contributed by atoms with Crippen LogP contribution in [-0.4, -0.2) is 0 Å². The van der Waals surface area contributed by atoms with Crippen molar-refractivity contribution in [3.05, 3.63) is 212 Å². The number of hydrogen-bond acceptors (Lipinski definition) is 2. The van der Waals surface area contributed by atoms with Gasteiger partial charge in [0.15, 0.2) is 0 Å². The highest BCUT2D eigenvalue weighted by atomic mass is 32.1. The lowest BCUT2D eigenvalue weighted by Gasteiger charge is -2.29. The number of thiophene rings is 1. The Morgan fingerprint density at radius 1 is 0.315 bits per heavy atom. The summed E-state index contributed by atoms with van der Waals surface area (Å²) in [5, 5.41) is 5.02. The molecule has 254 valence electrons. The van der Waals surface area contributed by atoms with Crippen molar-refractivity contribution in [3.8, 4) is 44.5 Å². The molecule has 0 spiro atoms. The van der Waals surface area contributed by atoms with Gasteiger partial charge in [-0.1, -0.05) is 170 Å². The van der Waals surface area contributed by atoms with Crippen LogP contribution in [-0.2, 0) is 0 Å². The van der Waals surface area contributed by atoms with Crippen LogP contribution in [0.15, 0.2) is 212 Å². The van der Waals surface area contributed by atoms with E-state index in [2.05, 4.69) is 217 Å². The second kappa shape index (κ2) is 13.7. The summed E-state index contributed by atoms with van der Waals surface area (Å²) in [6, 6.07) is 77.2. The van der Waals surface area contributed by atoms with Crippen LogP contribution in [0.5, 0.6) is 0 Å². The highest BCUT2D eigenvalue weighted by molar-refractivity contribution is 7.26. The molecule has 0 saturated carbocycles. The summed E-state index contributed by atoms with van der Waals surface area (Å²) < 4.78 is 2.57. The van der Waals surface area contributed by atoms with Gasteiger partial charge in [0, 0.05) is 26.7 Å². The first-order chi connectivity index (χ1) is 26.8. The van der Waals surface area contributed by atoms with Crippen LogP contribution in [0.2, 0.25) is 0 Å². The summed E-state index contributed by atoms with van der Waals surface area (Å²) in [5.41, 5.74) is 13.0. The van der Waals surface area contributed by atoms with E-state index in [1.165, 1.54) is 81.1 Å². The van der Waals surface area contributed by atoms with Crippen molar-refractivity contribution in [1.29, 1.82) is 0 Å². The van der Waals surface area contributed by atoms with Gasteiger partial charge in [0.05, 0.1) is 16.1 Å². The average molecular weight is 706 g/mol. The lowest BCUT2D eigenvalue weighted by atomic mass is 9.93. The second-order valence-electron chi connectivity index (χ2n) is 13.7. The Labute approximate surface area is 319 Å². The Bertz CT molecular complexity index is 2930. The maximum absolute atomic E-state index is 2.48. The van der Waals surface area contributed by atoms with Crippen LogP contribution < -0.4 is 4.90 Å². The summed E-state index contributed by atoms with van der Waals surface area (Å²) in [7, 11) is 0. The molecule has 10 aromatic rings. The van der Waals surface area contributed by atoms with Crippen molar-refractivity contribution in [2.75, 3.05) is 4.90 Å². The molecule has 0 aliphatic heterocycles. The Kier molecular flexibility index (Phi) is 8.09. The molecule has 0 N–H and O–H groups in total. The molecule has 9 aromatic carbocycles. The molecule has 1 aromatic heterocycles. The monoisotopic (exact) mass is 705 g/mol. The van der Waals surface area contributed by atoms with Crippen LogP contribution in [0.3, 0.4) is 0 Å². The second-order valence-corrected chi connectivity index (χ2v) is 14.8. The molecule has 0 aliphatic carbocycles. The number of hydrogen-bond donors (Lipinski definition) is 0. The van der Waals surface area contributed by atoms with Gasteiger partial charge in [-0.15, -0.1) is 11.3 Å². The number of nitrogens with zero attached hydrogens (tertiary/aromatic N) is 1. The number of para-hydroxylation sites is 1. The first-order valence-corrected chi connectivity index (χ1v) is 19.2. The highest BCUT2D eigenvalue weighted by Gasteiger charge is 2.22. The van der Waals surface area contributed by atoms with E-state index in [4.69, 9.17) is 0 Å². The molecule has 1 heterocycles. The third kappa shape index (κ3) is 5.74. The van der Waals surface area contributed by atoms with Gasteiger partial charge in [-0.3, -0.25) is 0 Å². The molecule has 0 radical (unpaired) electrons. The molecule has 0 amide bonds. The van der Waals surface area contributed by atoms with Gasteiger partial charge in [-0.2, -0.15) is 0 Å². The van der Waals surface area contributed by atoms with E-state index in [-0.39, 0.29) is 0 Å². The van der Waals surface area contributed by atoms with E-state index in [0.29, 0.717) is 0 Å². The predicted molar refractivity (Wildman–Crippen MR) is 233 cm³/mol. The van der Waals surface area contributed by atoms with Crippen molar-refractivity contribution in [3.63, 3.8) is 0 Å². The van der Waals surface area contributed by atoms with E-state index in [1.807, 2.05) is 11.3 Å². The minimum atomic E-state index is 1.11. The number of fused-ring (bicyclic) bond motifs is 4. The molecule has 1 nitrogen and oxygen atoms in total. The lowest BCUT2D eigenvalue weighted by molar-refractivity contribution is 1.30. The van der Waals surface area contributed by atoms with E-state index in [9.17, 15) is 0 Å². The highest BCUT2D eigenvalue weighted by Crippen LogP contribution is 2.48. The third-order valence-electron chi connectivity index (χ3n) is 10.5. The fraction of sp³-hybridized carbons (Fsp3) is 0. The Morgan fingerprint density at radius 2 is 0.889 bits per heavy atom. The molecule has 54 heavy (non-hydrogen) atoms. The zero-order chi connectivity index (χ0) is 35.8. The topological polar surface area (TPSA) is 3.24 Å². The van der Waals surface area contributed by atoms with E-state index in [1.54, 1.807) is 0 Å². The van der Waals surface area contributed by atoms with Crippen molar-refractivity contribution in [2.45, 2.75) is 0 Å². The largest absolute Gasteiger partial charge is 0.308 e. The van der Waals surface area contributed by atoms with Crippen LogP contribution in [0.25, 0.3) is 75.5 Å². The maximum Gasteiger partial charge on any atom is 0.0640 e. The minimum Gasteiger partial charge on any atom is -0.308 e. The molecule has 0 saturated heterocycles. The Hall–Kier alpha value is -6.74. The summed E-state index contributed by atoms with van der Waals surface area (Å²) in [6.07, 6.45) is 0. The number of rotatable bonds is 7. The summed E-state index contributed by atoms with van der Waals surface area (Å²) in [6.45, 7) is 0.